The van der Waals surface area contributed by atoms with E-state index in [0.717, 1.165) is 23.0 Å². The van der Waals surface area contributed by atoms with Crippen LogP contribution >= 0.6 is 11.8 Å². The smallest absolute Gasteiger partial charge is 0.232 e. The third kappa shape index (κ3) is 5.51. The molecule has 1 heterocycles. The molecule has 0 fully saturated rings. The van der Waals surface area contributed by atoms with Gasteiger partial charge in [-0.25, -0.2) is 0 Å². The minimum atomic E-state index is 0.00796. The van der Waals surface area contributed by atoms with Crippen LogP contribution in [0.3, 0.4) is 0 Å². The van der Waals surface area contributed by atoms with Crippen molar-refractivity contribution < 1.29 is 14.3 Å². The van der Waals surface area contributed by atoms with Crippen LogP contribution in [0.25, 0.3) is 5.69 Å². The van der Waals surface area contributed by atoms with Crippen LogP contribution in [0.4, 0.5) is 0 Å². The van der Waals surface area contributed by atoms with Crippen molar-refractivity contribution in [3.05, 3.63) is 60.4 Å². The molecule has 8 heteroatoms. The Balaban J connectivity index is 1.54. The minimum Gasteiger partial charge on any atom is -0.497 e. The van der Waals surface area contributed by atoms with E-state index < -0.39 is 0 Å². The van der Waals surface area contributed by atoms with Crippen LogP contribution in [0.5, 0.6) is 11.5 Å². The maximum atomic E-state index is 12.5. The number of benzene rings is 2. The molecule has 1 amide bonds. The van der Waals surface area contributed by atoms with Crippen LogP contribution in [-0.2, 0) is 4.79 Å². The summed E-state index contributed by atoms with van der Waals surface area (Å²) >= 11 is 1.37. The monoisotopic (exact) mass is 412 g/mol. The lowest BCUT2D eigenvalue weighted by Gasteiger charge is -2.17. The Labute approximate surface area is 174 Å². The molecule has 0 saturated heterocycles. The van der Waals surface area contributed by atoms with Gasteiger partial charge in [0.25, 0.3) is 0 Å². The van der Waals surface area contributed by atoms with E-state index in [1.165, 1.54) is 11.8 Å². The van der Waals surface area contributed by atoms with E-state index in [2.05, 4.69) is 10.2 Å². The second kappa shape index (κ2) is 9.97. The summed E-state index contributed by atoms with van der Waals surface area (Å²) in [6.07, 6.45) is 0. The first-order valence-corrected chi connectivity index (χ1v) is 10.2. The predicted molar refractivity (Wildman–Crippen MR) is 113 cm³/mol. The number of amides is 1. The maximum Gasteiger partial charge on any atom is 0.232 e. The van der Waals surface area contributed by atoms with Gasteiger partial charge < -0.3 is 14.4 Å². The Bertz CT molecular complexity index is 929. The Kier molecular flexibility index (Phi) is 7.13. The summed E-state index contributed by atoms with van der Waals surface area (Å²) in [5, 5.41) is 9.05. The van der Waals surface area contributed by atoms with Crippen LogP contribution < -0.4 is 9.47 Å². The van der Waals surface area contributed by atoms with Crippen molar-refractivity contribution in [3.63, 3.8) is 0 Å². The molecule has 2 aromatic carbocycles. The van der Waals surface area contributed by atoms with Crippen molar-refractivity contribution in [1.82, 2.24) is 19.7 Å². The van der Waals surface area contributed by atoms with E-state index in [0.29, 0.717) is 18.3 Å². The molecule has 0 aliphatic rings. The second-order valence-electron chi connectivity index (χ2n) is 6.33. The van der Waals surface area contributed by atoms with E-state index in [4.69, 9.17) is 9.47 Å². The van der Waals surface area contributed by atoms with Crippen LogP contribution in [-0.4, -0.2) is 58.6 Å². The average molecular weight is 413 g/mol. The molecule has 0 aliphatic carbocycles. The standard InChI is InChI=1S/C21H24N4O3S/c1-16-22-23-21(25(16)17-9-11-18(27-3)12-10-17)29-15-20(26)24(2)13-14-28-19-7-5-4-6-8-19/h4-12H,13-15H2,1-3H3. The summed E-state index contributed by atoms with van der Waals surface area (Å²) in [7, 11) is 3.41. The van der Waals surface area contributed by atoms with Crippen molar-refractivity contribution >= 4 is 17.7 Å². The highest BCUT2D eigenvalue weighted by atomic mass is 32.2. The quantitative estimate of drug-likeness (QED) is 0.503. The lowest BCUT2D eigenvalue weighted by atomic mass is 10.3. The summed E-state index contributed by atoms with van der Waals surface area (Å²) in [5.41, 5.74) is 0.924. The number of nitrogens with zero attached hydrogens (tertiary/aromatic N) is 4. The summed E-state index contributed by atoms with van der Waals surface area (Å²) in [6, 6.07) is 17.2. The summed E-state index contributed by atoms with van der Waals surface area (Å²) < 4.78 is 12.8. The first-order chi connectivity index (χ1) is 14.1. The van der Waals surface area contributed by atoms with E-state index in [-0.39, 0.29) is 11.7 Å². The Morgan fingerprint density at radius 1 is 1.07 bits per heavy atom. The Morgan fingerprint density at radius 2 is 1.79 bits per heavy atom. The second-order valence-corrected chi connectivity index (χ2v) is 7.27. The van der Waals surface area contributed by atoms with Gasteiger partial charge in [-0.1, -0.05) is 30.0 Å². The van der Waals surface area contributed by atoms with Crippen LogP contribution in [0.1, 0.15) is 5.82 Å². The van der Waals surface area contributed by atoms with Crippen molar-refractivity contribution in [2.75, 3.05) is 33.1 Å². The molecule has 1 aromatic heterocycles. The van der Waals surface area contributed by atoms with E-state index in [9.17, 15) is 4.79 Å². The molecular weight excluding hydrogens is 388 g/mol. The number of aryl methyl sites for hydroxylation is 1. The summed E-state index contributed by atoms with van der Waals surface area (Å²) in [6.45, 7) is 2.84. The fraction of sp³-hybridized carbons (Fsp3) is 0.286. The SMILES string of the molecule is COc1ccc(-n2c(C)nnc2SCC(=O)N(C)CCOc2ccccc2)cc1. The number of carbonyl (C=O) groups excluding carboxylic acids is 1. The van der Waals surface area contributed by atoms with E-state index in [1.807, 2.05) is 66.1 Å². The van der Waals surface area contributed by atoms with Crippen molar-refractivity contribution in [3.8, 4) is 17.2 Å². The lowest BCUT2D eigenvalue weighted by molar-refractivity contribution is -0.127. The molecule has 0 bridgehead atoms. The summed E-state index contributed by atoms with van der Waals surface area (Å²) in [5.74, 6) is 2.62. The highest BCUT2D eigenvalue weighted by Crippen LogP contribution is 2.23. The number of likely N-dealkylation sites (N-methyl/N-ethyl adjacent to an activating group) is 1. The molecule has 29 heavy (non-hydrogen) atoms. The number of para-hydroxylation sites is 1. The number of methoxy groups -OCH3 is 1. The third-order valence-corrected chi connectivity index (χ3v) is 5.23. The third-order valence-electron chi connectivity index (χ3n) is 4.31. The molecule has 0 N–H and O–H groups in total. The molecular formula is C21H24N4O3S. The zero-order valence-corrected chi connectivity index (χ0v) is 17.6. The molecule has 0 radical (unpaired) electrons. The molecule has 152 valence electrons. The molecule has 0 spiro atoms. The highest BCUT2D eigenvalue weighted by molar-refractivity contribution is 7.99. The van der Waals surface area contributed by atoms with E-state index >= 15 is 0 Å². The number of thioether (sulfide) groups is 1. The zero-order chi connectivity index (χ0) is 20.6. The molecule has 0 saturated carbocycles. The first kappa shape index (κ1) is 20.7. The molecule has 3 rings (SSSR count). The Morgan fingerprint density at radius 3 is 2.48 bits per heavy atom. The van der Waals surface area contributed by atoms with Gasteiger partial charge in [-0.2, -0.15) is 0 Å². The summed E-state index contributed by atoms with van der Waals surface area (Å²) in [4.78, 5) is 14.1. The average Bonchev–Trinajstić information content (AvgIpc) is 3.13. The Hall–Kier alpha value is -3.00. The molecule has 7 nitrogen and oxygen atoms in total. The molecule has 0 aliphatic heterocycles. The largest absolute Gasteiger partial charge is 0.497 e. The van der Waals surface area contributed by atoms with E-state index in [1.54, 1.807) is 19.1 Å². The fourth-order valence-corrected chi connectivity index (χ4v) is 3.58. The number of aromatic nitrogens is 3. The van der Waals surface area contributed by atoms with Gasteiger partial charge in [0.05, 0.1) is 19.4 Å². The number of hydrogen-bond donors (Lipinski definition) is 0. The van der Waals surface area contributed by atoms with Crippen molar-refractivity contribution in [2.45, 2.75) is 12.1 Å². The molecule has 0 atom stereocenters. The topological polar surface area (TPSA) is 69.5 Å². The van der Waals surface area contributed by atoms with Gasteiger partial charge in [0.2, 0.25) is 5.91 Å². The van der Waals surface area contributed by atoms with Gasteiger partial charge in [0.1, 0.15) is 23.9 Å². The number of rotatable bonds is 9. The highest BCUT2D eigenvalue weighted by Gasteiger charge is 2.15. The maximum absolute atomic E-state index is 12.5. The minimum absolute atomic E-state index is 0.00796. The predicted octanol–water partition coefficient (Wildman–Crippen LogP) is 3.21. The normalized spacial score (nSPS) is 10.6. The van der Waals surface area contributed by atoms with Gasteiger partial charge in [-0.15, -0.1) is 10.2 Å². The number of hydrogen-bond acceptors (Lipinski definition) is 6. The zero-order valence-electron chi connectivity index (χ0n) is 16.7. The van der Waals surface area contributed by atoms with Crippen LogP contribution in [0.15, 0.2) is 59.8 Å². The molecule has 0 unspecified atom stereocenters. The number of ether oxygens (including phenoxy) is 2. The van der Waals surface area contributed by atoms with Gasteiger partial charge >= 0.3 is 0 Å². The first-order valence-electron chi connectivity index (χ1n) is 9.19. The number of carbonyl (C=O) groups is 1. The van der Waals surface area contributed by atoms with Gasteiger partial charge in [-0.3, -0.25) is 9.36 Å². The van der Waals surface area contributed by atoms with Gasteiger partial charge in [0, 0.05) is 12.7 Å². The van der Waals surface area contributed by atoms with Gasteiger partial charge in [0.15, 0.2) is 5.16 Å². The van der Waals surface area contributed by atoms with Crippen molar-refractivity contribution in [2.24, 2.45) is 0 Å². The molecule has 3 aromatic rings. The lowest BCUT2D eigenvalue weighted by Crippen LogP contribution is -2.32. The van der Waals surface area contributed by atoms with Crippen LogP contribution in [0.2, 0.25) is 0 Å². The van der Waals surface area contributed by atoms with Crippen LogP contribution in [0, 0.1) is 6.92 Å². The van der Waals surface area contributed by atoms with Crippen molar-refractivity contribution in [1.29, 1.82) is 0 Å². The fourth-order valence-electron chi connectivity index (χ4n) is 2.64. The van der Waals surface area contributed by atoms with Gasteiger partial charge in [-0.05, 0) is 43.3 Å².